The molecule has 0 bridgehead atoms. The molecule has 0 aliphatic rings. The lowest BCUT2D eigenvalue weighted by Crippen LogP contribution is -2.37. The largest absolute Gasteiger partial charge is 0.451 e. The Morgan fingerprint density at radius 2 is 1.88 bits per heavy atom. The number of carbonyl (C=O) groups is 3. The number of ether oxygens (including phenoxy) is 1. The summed E-state index contributed by atoms with van der Waals surface area (Å²) in [5.41, 5.74) is 3.11. The van der Waals surface area contributed by atoms with Gasteiger partial charge in [0.25, 0.3) is 5.91 Å². The molecule has 0 aliphatic carbocycles. The molecule has 25 heavy (non-hydrogen) atoms. The quantitative estimate of drug-likeness (QED) is 0.816. The van der Waals surface area contributed by atoms with Gasteiger partial charge in [-0.2, -0.15) is 0 Å². The molecule has 0 spiro atoms. The first kappa shape index (κ1) is 18.6. The van der Waals surface area contributed by atoms with Gasteiger partial charge in [0, 0.05) is 5.69 Å². The van der Waals surface area contributed by atoms with Crippen LogP contribution in [0.3, 0.4) is 0 Å². The molecule has 0 aliphatic heterocycles. The summed E-state index contributed by atoms with van der Waals surface area (Å²) in [7, 11) is 0. The number of anilines is 1. The third-order valence-electron chi connectivity index (χ3n) is 3.31. The second kappa shape index (κ2) is 7.89. The summed E-state index contributed by atoms with van der Waals surface area (Å²) in [6.07, 6.45) is 0. The van der Waals surface area contributed by atoms with E-state index in [1.54, 1.807) is 19.9 Å². The minimum Gasteiger partial charge on any atom is -0.451 e. The molecule has 0 fully saturated rings. The number of benzene rings is 1. The second-order valence-electron chi connectivity index (χ2n) is 5.54. The van der Waals surface area contributed by atoms with Crippen LogP contribution < -0.4 is 10.6 Å². The number of nitrogens with one attached hydrogen (secondary N) is 2. The minimum absolute atomic E-state index is 0.352. The molecule has 1 heterocycles. The zero-order valence-electron chi connectivity index (χ0n) is 14.4. The third-order valence-corrected chi connectivity index (χ3v) is 4.36. The summed E-state index contributed by atoms with van der Waals surface area (Å²) in [6, 6.07) is 4.84. The number of rotatable bonds is 4. The maximum Gasteiger partial charge on any atom is 0.350 e. The number of carbonyl (C=O) groups excluding carboxylic acids is 3. The lowest BCUT2D eigenvalue weighted by atomic mass is 10.1. The van der Waals surface area contributed by atoms with Gasteiger partial charge in [0.05, 0.1) is 10.7 Å². The molecule has 0 saturated carbocycles. The Kier molecular flexibility index (Phi) is 5.87. The predicted octanol–water partition coefficient (Wildman–Crippen LogP) is 2.88. The fourth-order valence-electron chi connectivity index (χ4n) is 2.19. The van der Waals surface area contributed by atoms with Gasteiger partial charge in [0.2, 0.25) is 0 Å². The van der Waals surface area contributed by atoms with Crippen LogP contribution in [0.25, 0.3) is 0 Å². The molecular formula is C17H19N3O4S. The number of esters is 1. The van der Waals surface area contributed by atoms with Crippen LogP contribution in [-0.4, -0.2) is 29.5 Å². The maximum absolute atomic E-state index is 11.9. The Morgan fingerprint density at radius 3 is 2.48 bits per heavy atom. The van der Waals surface area contributed by atoms with Crippen LogP contribution in [0.1, 0.15) is 31.5 Å². The highest BCUT2D eigenvalue weighted by Gasteiger charge is 2.17. The van der Waals surface area contributed by atoms with Crippen LogP contribution in [0.4, 0.5) is 10.5 Å². The van der Waals surface area contributed by atoms with E-state index in [9.17, 15) is 14.4 Å². The van der Waals surface area contributed by atoms with E-state index < -0.39 is 24.5 Å². The highest BCUT2D eigenvalue weighted by molar-refractivity contribution is 7.13. The number of hydrogen-bond acceptors (Lipinski definition) is 6. The fraction of sp³-hybridized carbons (Fsp3) is 0.294. The molecule has 2 rings (SSSR count). The number of aromatic nitrogens is 1. The van der Waals surface area contributed by atoms with Crippen molar-refractivity contribution in [1.82, 2.24) is 10.3 Å². The van der Waals surface area contributed by atoms with Gasteiger partial charge in [0.1, 0.15) is 4.88 Å². The SMILES string of the molecule is Cc1ccc(NC(=O)NC(=O)COC(=O)c2sc(C)nc2C)c(C)c1. The number of hydrogen-bond donors (Lipinski definition) is 2. The highest BCUT2D eigenvalue weighted by Crippen LogP contribution is 2.18. The maximum atomic E-state index is 11.9. The molecule has 0 radical (unpaired) electrons. The van der Waals surface area contributed by atoms with Crippen molar-refractivity contribution in [1.29, 1.82) is 0 Å². The molecule has 7 nitrogen and oxygen atoms in total. The number of amides is 3. The van der Waals surface area contributed by atoms with Crippen LogP contribution in [-0.2, 0) is 9.53 Å². The van der Waals surface area contributed by atoms with E-state index in [4.69, 9.17) is 4.74 Å². The summed E-state index contributed by atoms with van der Waals surface area (Å²) in [4.78, 5) is 40.0. The summed E-state index contributed by atoms with van der Waals surface area (Å²) in [5.74, 6) is -1.34. The van der Waals surface area contributed by atoms with E-state index in [0.29, 0.717) is 16.3 Å². The van der Waals surface area contributed by atoms with Crippen molar-refractivity contribution < 1.29 is 19.1 Å². The number of aryl methyl sites for hydroxylation is 4. The van der Waals surface area contributed by atoms with Crippen LogP contribution in [0.15, 0.2) is 18.2 Å². The second-order valence-corrected chi connectivity index (χ2v) is 6.75. The zero-order chi connectivity index (χ0) is 18.6. The van der Waals surface area contributed by atoms with Crippen molar-refractivity contribution in [3.63, 3.8) is 0 Å². The summed E-state index contributed by atoms with van der Waals surface area (Å²) >= 11 is 1.20. The van der Waals surface area contributed by atoms with Gasteiger partial charge in [-0.05, 0) is 39.3 Å². The van der Waals surface area contributed by atoms with E-state index in [2.05, 4.69) is 15.6 Å². The first-order valence-electron chi connectivity index (χ1n) is 7.55. The van der Waals surface area contributed by atoms with Crippen molar-refractivity contribution in [3.05, 3.63) is 44.9 Å². The van der Waals surface area contributed by atoms with Gasteiger partial charge < -0.3 is 10.1 Å². The number of imide groups is 1. The average Bonchev–Trinajstić information content (AvgIpc) is 2.86. The molecule has 132 valence electrons. The van der Waals surface area contributed by atoms with Gasteiger partial charge in [-0.3, -0.25) is 10.1 Å². The van der Waals surface area contributed by atoms with Crippen molar-refractivity contribution in [2.45, 2.75) is 27.7 Å². The molecule has 0 saturated heterocycles. The third kappa shape index (κ3) is 5.12. The van der Waals surface area contributed by atoms with Crippen LogP contribution in [0, 0.1) is 27.7 Å². The molecule has 2 N–H and O–H groups in total. The van der Waals surface area contributed by atoms with Gasteiger partial charge in [0.15, 0.2) is 6.61 Å². The van der Waals surface area contributed by atoms with Crippen LogP contribution in [0.5, 0.6) is 0 Å². The van der Waals surface area contributed by atoms with Crippen LogP contribution in [0.2, 0.25) is 0 Å². The van der Waals surface area contributed by atoms with Gasteiger partial charge in [-0.1, -0.05) is 17.7 Å². The van der Waals surface area contributed by atoms with Crippen molar-refractivity contribution in [2.75, 3.05) is 11.9 Å². The average molecular weight is 361 g/mol. The Hall–Kier alpha value is -2.74. The molecule has 8 heteroatoms. The zero-order valence-corrected chi connectivity index (χ0v) is 15.2. The number of nitrogens with zero attached hydrogens (tertiary/aromatic N) is 1. The van der Waals surface area contributed by atoms with Gasteiger partial charge in [-0.25, -0.2) is 14.6 Å². The number of thiazole rings is 1. The monoisotopic (exact) mass is 361 g/mol. The lowest BCUT2D eigenvalue weighted by molar-refractivity contribution is -0.123. The van der Waals surface area contributed by atoms with Crippen molar-refractivity contribution in [2.24, 2.45) is 0 Å². The summed E-state index contributed by atoms with van der Waals surface area (Å²) < 4.78 is 4.91. The Balaban J connectivity index is 1.84. The Labute approximate surface area is 149 Å². The smallest absolute Gasteiger partial charge is 0.350 e. The van der Waals surface area contributed by atoms with E-state index in [0.717, 1.165) is 16.1 Å². The van der Waals surface area contributed by atoms with E-state index in [1.165, 1.54) is 11.3 Å². The summed E-state index contributed by atoms with van der Waals surface area (Å²) in [6.45, 7) is 6.72. The van der Waals surface area contributed by atoms with Crippen molar-refractivity contribution >= 4 is 34.9 Å². The molecule has 0 unspecified atom stereocenters. The van der Waals surface area contributed by atoms with Gasteiger partial charge >= 0.3 is 12.0 Å². The lowest BCUT2D eigenvalue weighted by Gasteiger charge is -2.10. The van der Waals surface area contributed by atoms with Crippen molar-refractivity contribution in [3.8, 4) is 0 Å². The first-order valence-corrected chi connectivity index (χ1v) is 8.37. The molecule has 3 amide bonds. The van der Waals surface area contributed by atoms with E-state index in [-0.39, 0.29) is 0 Å². The molecule has 0 atom stereocenters. The van der Waals surface area contributed by atoms with Gasteiger partial charge in [-0.15, -0.1) is 11.3 Å². The highest BCUT2D eigenvalue weighted by atomic mass is 32.1. The normalized spacial score (nSPS) is 10.2. The van der Waals surface area contributed by atoms with E-state index >= 15 is 0 Å². The van der Waals surface area contributed by atoms with Crippen LogP contribution >= 0.6 is 11.3 Å². The fourth-order valence-corrected chi connectivity index (χ4v) is 3.00. The standard InChI is InChI=1S/C17H19N3O4S/c1-9-5-6-13(10(2)7-9)19-17(23)20-14(21)8-24-16(22)15-11(3)18-12(4)25-15/h5-7H,8H2,1-4H3,(H2,19,20,21,23). The minimum atomic E-state index is -0.713. The van der Waals surface area contributed by atoms with E-state index in [1.807, 2.05) is 26.0 Å². The Bertz CT molecular complexity index is 829. The summed E-state index contributed by atoms with van der Waals surface area (Å²) in [5, 5.41) is 5.44. The molecular weight excluding hydrogens is 342 g/mol. The number of urea groups is 1. The molecule has 1 aromatic heterocycles. The first-order chi connectivity index (χ1) is 11.8. The molecule has 1 aromatic carbocycles. The predicted molar refractivity (Wildman–Crippen MR) is 94.9 cm³/mol. The Morgan fingerprint density at radius 1 is 1.16 bits per heavy atom. The topological polar surface area (TPSA) is 97.4 Å². The molecule has 2 aromatic rings.